The van der Waals surface area contributed by atoms with E-state index in [4.69, 9.17) is 9.72 Å². The van der Waals surface area contributed by atoms with Crippen LogP contribution in [0.5, 0.6) is 5.75 Å². The van der Waals surface area contributed by atoms with Crippen LogP contribution in [0, 0.1) is 0 Å². The number of carbonyl (C=O) groups excluding carboxylic acids is 1. The number of amides is 1. The van der Waals surface area contributed by atoms with Crippen molar-refractivity contribution in [3.05, 3.63) is 96.3 Å². The SMILES string of the molecule is O=C(Cc1ccccc1)NCCc1nc2ccccc2n1CCCCOc1ccccc1. The number of aryl methyl sites for hydroxylation is 1. The van der Waals surface area contributed by atoms with E-state index in [0.717, 1.165) is 47.6 Å². The summed E-state index contributed by atoms with van der Waals surface area (Å²) in [4.78, 5) is 17.1. The second-order valence-corrected chi connectivity index (χ2v) is 7.80. The number of carbonyl (C=O) groups is 1. The molecule has 0 unspecified atom stereocenters. The molecule has 0 radical (unpaired) electrons. The topological polar surface area (TPSA) is 56.2 Å². The maximum absolute atomic E-state index is 12.3. The maximum Gasteiger partial charge on any atom is 0.224 e. The number of ether oxygens (including phenoxy) is 1. The average molecular weight is 428 g/mol. The molecule has 4 aromatic rings. The lowest BCUT2D eigenvalue weighted by atomic mass is 10.1. The van der Waals surface area contributed by atoms with Gasteiger partial charge in [-0.3, -0.25) is 4.79 Å². The molecule has 0 bridgehead atoms. The van der Waals surface area contributed by atoms with E-state index >= 15 is 0 Å². The van der Waals surface area contributed by atoms with Crippen LogP contribution in [0.15, 0.2) is 84.9 Å². The Kier molecular flexibility index (Phi) is 7.53. The summed E-state index contributed by atoms with van der Waals surface area (Å²) in [5.74, 6) is 1.96. The first kappa shape index (κ1) is 21.6. The van der Waals surface area contributed by atoms with Crippen molar-refractivity contribution in [1.29, 1.82) is 0 Å². The van der Waals surface area contributed by atoms with Crippen LogP contribution in [0.25, 0.3) is 11.0 Å². The summed E-state index contributed by atoms with van der Waals surface area (Å²) >= 11 is 0. The van der Waals surface area contributed by atoms with Gasteiger partial charge in [0.2, 0.25) is 5.91 Å². The minimum Gasteiger partial charge on any atom is -0.494 e. The number of hydrogen-bond donors (Lipinski definition) is 1. The lowest BCUT2D eigenvalue weighted by molar-refractivity contribution is -0.120. The molecule has 164 valence electrons. The highest BCUT2D eigenvalue weighted by Gasteiger charge is 2.11. The number of hydrogen-bond acceptors (Lipinski definition) is 3. The van der Waals surface area contributed by atoms with Gasteiger partial charge in [-0.15, -0.1) is 0 Å². The Hall–Kier alpha value is -3.60. The highest BCUT2D eigenvalue weighted by atomic mass is 16.5. The van der Waals surface area contributed by atoms with Crippen LogP contribution >= 0.6 is 0 Å². The molecule has 3 aromatic carbocycles. The van der Waals surface area contributed by atoms with E-state index in [1.807, 2.05) is 78.9 Å². The predicted octanol–water partition coefficient (Wildman–Crippen LogP) is 4.80. The van der Waals surface area contributed by atoms with E-state index in [0.29, 0.717) is 26.0 Å². The third kappa shape index (κ3) is 5.97. The Morgan fingerprint density at radius 2 is 1.59 bits per heavy atom. The summed E-state index contributed by atoms with van der Waals surface area (Å²) < 4.78 is 8.09. The van der Waals surface area contributed by atoms with Gasteiger partial charge in [-0.05, 0) is 42.7 Å². The average Bonchev–Trinajstić information content (AvgIpc) is 3.17. The minimum absolute atomic E-state index is 0.0388. The number of nitrogens with zero attached hydrogens (tertiary/aromatic N) is 2. The van der Waals surface area contributed by atoms with Crippen LogP contribution < -0.4 is 10.1 Å². The first-order chi connectivity index (χ1) is 15.8. The van der Waals surface area contributed by atoms with Gasteiger partial charge in [-0.2, -0.15) is 0 Å². The largest absolute Gasteiger partial charge is 0.494 e. The fraction of sp³-hybridized carbons (Fsp3) is 0.259. The second-order valence-electron chi connectivity index (χ2n) is 7.80. The molecule has 0 saturated heterocycles. The van der Waals surface area contributed by atoms with Gasteiger partial charge in [0.05, 0.1) is 24.1 Å². The van der Waals surface area contributed by atoms with Crippen LogP contribution in [-0.2, 0) is 24.2 Å². The Labute approximate surface area is 189 Å². The third-order valence-electron chi connectivity index (χ3n) is 5.40. The lowest BCUT2D eigenvalue weighted by Crippen LogP contribution is -2.28. The van der Waals surface area contributed by atoms with Crippen molar-refractivity contribution in [2.45, 2.75) is 32.2 Å². The van der Waals surface area contributed by atoms with Crippen molar-refractivity contribution in [3.8, 4) is 5.75 Å². The van der Waals surface area contributed by atoms with Crippen molar-refractivity contribution < 1.29 is 9.53 Å². The van der Waals surface area contributed by atoms with Gasteiger partial charge >= 0.3 is 0 Å². The van der Waals surface area contributed by atoms with Crippen LogP contribution in [0.4, 0.5) is 0 Å². The zero-order chi connectivity index (χ0) is 22.0. The lowest BCUT2D eigenvalue weighted by Gasteiger charge is -2.11. The van der Waals surface area contributed by atoms with E-state index in [2.05, 4.69) is 16.0 Å². The Morgan fingerprint density at radius 1 is 0.875 bits per heavy atom. The zero-order valence-corrected chi connectivity index (χ0v) is 18.2. The molecule has 0 aliphatic rings. The number of aromatic nitrogens is 2. The third-order valence-corrected chi connectivity index (χ3v) is 5.40. The first-order valence-electron chi connectivity index (χ1n) is 11.2. The quantitative estimate of drug-likeness (QED) is 0.350. The van der Waals surface area contributed by atoms with Crippen molar-refractivity contribution in [2.24, 2.45) is 0 Å². The van der Waals surface area contributed by atoms with E-state index < -0.39 is 0 Å². The molecule has 5 nitrogen and oxygen atoms in total. The first-order valence-corrected chi connectivity index (χ1v) is 11.2. The molecule has 0 aliphatic heterocycles. The van der Waals surface area contributed by atoms with Gasteiger partial charge in [0, 0.05) is 19.5 Å². The number of rotatable bonds is 11. The van der Waals surface area contributed by atoms with E-state index in [-0.39, 0.29) is 5.91 Å². The molecule has 0 saturated carbocycles. The molecule has 5 heteroatoms. The molecule has 4 rings (SSSR count). The normalized spacial score (nSPS) is 10.9. The summed E-state index contributed by atoms with van der Waals surface area (Å²) in [6, 6.07) is 27.9. The van der Waals surface area contributed by atoms with Crippen molar-refractivity contribution in [3.63, 3.8) is 0 Å². The summed E-state index contributed by atoms with van der Waals surface area (Å²) in [6.07, 6.45) is 3.07. The number of benzene rings is 3. The molecule has 1 amide bonds. The fourth-order valence-corrected chi connectivity index (χ4v) is 3.80. The number of para-hydroxylation sites is 3. The molecule has 1 heterocycles. The molecule has 0 fully saturated rings. The van der Waals surface area contributed by atoms with Crippen molar-refractivity contribution in [2.75, 3.05) is 13.2 Å². The molecule has 1 N–H and O–H groups in total. The molecule has 0 aliphatic carbocycles. The molecule has 0 atom stereocenters. The van der Waals surface area contributed by atoms with E-state index in [9.17, 15) is 4.79 Å². The minimum atomic E-state index is 0.0388. The number of imidazole rings is 1. The highest BCUT2D eigenvalue weighted by molar-refractivity contribution is 5.78. The standard InChI is InChI=1S/C27H29N3O2/c31-27(21-22-11-3-1-4-12-22)28-18-17-26-29-24-15-7-8-16-25(24)30(26)19-9-10-20-32-23-13-5-2-6-14-23/h1-8,11-16H,9-10,17-21H2,(H,28,31). The number of unbranched alkanes of at least 4 members (excludes halogenated alkanes) is 1. The number of fused-ring (bicyclic) bond motifs is 1. The van der Waals surface area contributed by atoms with Gasteiger partial charge in [0.25, 0.3) is 0 Å². The van der Waals surface area contributed by atoms with Gasteiger partial charge in [-0.25, -0.2) is 4.98 Å². The molecular weight excluding hydrogens is 398 g/mol. The van der Waals surface area contributed by atoms with Crippen LogP contribution in [0.3, 0.4) is 0 Å². The number of nitrogens with one attached hydrogen (secondary N) is 1. The van der Waals surface area contributed by atoms with Crippen LogP contribution in [0.2, 0.25) is 0 Å². The Balaban J connectivity index is 1.30. The zero-order valence-electron chi connectivity index (χ0n) is 18.2. The summed E-state index contributed by atoms with van der Waals surface area (Å²) in [7, 11) is 0. The van der Waals surface area contributed by atoms with Gasteiger partial charge in [-0.1, -0.05) is 60.7 Å². The summed E-state index contributed by atoms with van der Waals surface area (Å²) in [6.45, 7) is 2.15. The molecule has 1 aromatic heterocycles. The van der Waals surface area contributed by atoms with Crippen molar-refractivity contribution in [1.82, 2.24) is 14.9 Å². The molecule has 32 heavy (non-hydrogen) atoms. The van der Waals surface area contributed by atoms with E-state index in [1.165, 1.54) is 0 Å². The predicted molar refractivity (Wildman–Crippen MR) is 128 cm³/mol. The highest BCUT2D eigenvalue weighted by Crippen LogP contribution is 2.18. The van der Waals surface area contributed by atoms with Crippen LogP contribution in [-0.4, -0.2) is 28.6 Å². The van der Waals surface area contributed by atoms with Gasteiger partial charge < -0.3 is 14.6 Å². The molecule has 0 spiro atoms. The molecular formula is C27H29N3O2. The monoisotopic (exact) mass is 427 g/mol. The van der Waals surface area contributed by atoms with Crippen LogP contribution in [0.1, 0.15) is 24.2 Å². The second kappa shape index (κ2) is 11.1. The summed E-state index contributed by atoms with van der Waals surface area (Å²) in [5, 5.41) is 3.03. The fourth-order valence-electron chi connectivity index (χ4n) is 3.80. The smallest absolute Gasteiger partial charge is 0.224 e. The van der Waals surface area contributed by atoms with Crippen molar-refractivity contribution >= 4 is 16.9 Å². The summed E-state index contributed by atoms with van der Waals surface area (Å²) in [5.41, 5.74) is 3.16. The van der Waals surface area contributed by atoms with E-state index in [1.54, 1.807) is 0 Å². The maximum atomic E-state index is 12.3. The van der Waals surface area contributed by atoms with Gasteiger partial charge in [0.1, 0.15) is 11.6 Å². The van der Waals surface area contributed by atoms with Gasteiger partial charge in [0.15, 0.2) is 0 Å². The Morgan fingerprint density at radius 3 is 2.41 bits per heavy atom. The Bertz CT molecular complexity index is 1120.